The van der Waals surface area contributed by atoms with Crippen molar-refractivity contribution in [2.45, 2.75) is 42.5 Å². The fraction of sp³-hybridized carbons (Fsp3) is 0.800. The lowest BCUT2D eigenvalue weighted by Crippen LogP contribution is -2.54. The van der Waals surface area contributed by atoms with Gasteiger partial charge >= 0.3 is 0 Å². The normalized spacial score (nSPS) is 36.8. The summed E-state index contributed by atoms with van der Waals surface area (Å²) in [7, 11) is 0. The van der Waals surface area contributed by atoms with Crippen molar-refractivity contribution in [3.8, 4) is 0 Å². The number of ether oxygens (including phenoxy) is 1. The van der Waals surface area contributed by atoms with Crippen molar-refractivity contribution in [2.75, 3.05) is 0 Å². The summed E-state index contributed by atoms with van der Waals surface area (Å²) in [5.41, 5.74) is 0.829. The summed E-state index contributed by atoms with van der Waals surface area (Å²) in [6, 6.07) is 0. The molecule has 1 aromatic heterocycles. The molecule has 2 rings (SSSR count). The molecular formula is C10H16IN3O4. The first kappa shape index (κ1) is 14.1. The third-order valence-electron chi connectivity index (χ3n) is 3.12. The monoisotopic (exact) mass is 366 g/mol. The van der Waals surface area contributed by atoms with Crippen molar-refractivity contribution in [3.63, 3.8) is 0 Å². The minimum absolute atomic E-state index is 0.242. The predicted molar refractivity (Wildman–Crippen MR) is 69.8 cm³/mol. The van der Waals surface area contributed by atoms with Gasteiger partial charge in [-0.3, -0.25) is 0 Å². The summed E-state index contributed by atoms with van der Waals surface area (Å²) in [5.74, 6) is -0.517. The van der Waals surface area contributed by atoms with E-state index in [0.717, 1.165) is 10.1 Å². The van der Waals surface area contributed by atoms with Crippen molar-refractivity contribution >= 4 is 22.6 Å². The number of hydrogen-bond donors (Lipinski definition) is 3. The maximum absolute atomic E-state index is 9.90. The lowest BCUT2D eigenvalue weighted by atomic mass is 9.92. The summed E-state index contributed by atoms with van der Waals surface area (Å²) in [6.07, 6.45) is -2.09. The van der Waals surface area contributed by atoms with Gasteiger partial charge in [-0.2, -0.15) is 0 Å². The van der Waals surface area contributed by atoms with E-state index in [9.17, 15) is 15.3 Å². The summed E-state index contributed by atoms with van der Waals surface area (Å²) in [5, 5.41) is 37.1. The van der Waals surface area contributed by atoms with Crippen LogP contribution in [-0.2, 0) is 15.7 Å². The Morgan fingerprint density at radius 2 is 2.11 bits per heavy atom. The SMILES string of the molecule is C[C@H]1C(O)O[C@H](Cn2cc(C[124I])nn2)[C@@H](O)[C@@H]1O. The molecule has 2 heterocycles. The van der Waals surface area contributed by atoms with Gasteiger partial charge in [-0.15, -0.1) is 5.10 Å². The number of alkyl halides is 1. The number of aliphatic hydroxyl groups excluding tert-OH is 3. The second-order valence-corrected chi connectivity index (χ2v) is 5.23. The Balaban J connectivity index is 2.04. The first-order chi connectivity index (χ1) is 8.52. The Bertz CT molecular complexity index is 402. The molecule has 0 bridgehead atoms. The molecule has 3 N–H and O–H groups in total. The largest absolute Gasteiger partial charge is 0.390 e. The third-order valence-corrected chi connectivity index (χ3v) is 3.91. The molecule has 0 saturated carbocycles. The van der Waals surface area contributed by atoms with Crippen molar-refractivity contribution in [2.24, 2.45) is 5.92 Å². The highest BCUT2D eigenvalue weighted by Crippen LogP contribution is 2.25. The minimum Gasteiger partial charge on any atom is -0.390 e. The second-order valence-electron chi connectivity index (χ2n) is 4.47. The van der Waals surface area contributed by atoms with Gasteiger partial charge in [0.05, 0.1) is 18.3 Å². The Morgan fingerprint density at radius 3 is 2.72 bits per heavy atom. The van der Waals surface area contributed by atoms with Crippen molar-refractivity contribution in [3.05, 3.63) is 11.9 Å². The number of nitrogens with zero attached hydrogens (tertiary/aromatic N) is 3. The molecule has 1 aliphatic rings. The number of aliphatic hydroxyl groups is 3. The molecule has 18 heavy (non-hydrogen) atoms. The Hall–Kier alpha value is -0.290. The number of aromatic nitrogens is 3. The Kier molecular flexibility index (Phi) is 4.54. The van der Waals surface area contributed by atoms with E-state index in [-0.39, 0.29) is 6.54 Å². The molecule has 1 saturated heterocycles. The first-order valence-corrected chi connectivity index (χ1v) is 7.20. The highest BCUT2D eigenvalue weighted by molar-refractivity contribution is 14.1. The third kappa shape index (κ3) is 2.82. The van der Waals surface area contributed by atoms with Gasteiger partial charge in [0.15, 0.2) is 6.29 Å². The van der Waals surface area contributed by atoms with E-state index in [2.05, 4.69) is 32.9 Å². The van der Waals surface area contributed by atoms with Crippen LogP contribution in [0.2, 0.25) is 0 Å². The molecule has 0 radical (unpaired) electrons. The van der Waals surface area contributed by atoms with Crippen molar-refractivity contribution in [1.82, 2.24) is 15.0 Å². The number of halogens is 1. The minimum atomic E-state index is -1.08. The maximum atomic E-state index is 9.90. The molecule has 8 heteroatoms. The van der Waals surface area contributed by atoms with Gasteiger partial charge < -0.3 is 20.1 Å². The topological polar surface area (TPSA) is 101 Å². The Labute approximate surface area is 118 Å². The molecule has 102 valence electrons. The second kappa shape index (κ2) is 5.78. The quantitative estimate of drug-likeness (QED) is 0.483. The predicted octanol–water partition coefficient (Wildman–Crippen LogP) is -0.712. The van der Waals surface area contributed by atoms with Crippen LogP contribution in [0.1, 0.15) is 12.6 Å². The summed E-state index contributed by atoms with van der Waals surface area (Å²) >= 11 is 2.17. The maximum Gasteiger partial charge on any atom is 0.160 e. The van der Waals surface area contributed by atoms with Crippen LogP contribution in [0.4, 0.5) is 0 Å². The zero-order valence-electron chi connectivity index (χ0n) is 9.85. The average Bonchev–Trinajstić information content (AvgIpc) is 2.81. The van der Waals surface area contributed by atoms with E-state index in [4.69, 9.17) is 4.74 Å². The van der Waals surface area contributed by atoms with Crippen molar-refractivity contribution in [1.29, 1.82) is 0 Å². The highest BCUT2D eigenvalue weighted by Gasteiger charge is 2.41. The zero-order chi connectivity index (χ0) is 13.3. The number of hydrogen-bond acceptors (Lipinski definition) is 6. The highest BCUT2D eigenvalue weighted by atomic mass is 124. The molecule has 1 aliphatic heterocycles. The van der Waals surface area contributed by atoms with E-state index in [1.54, 1.807) is 13.1 Å². The van der Waals surface area contributed by atoms with Gasteiger partial charge in [-0.25, -0.2) is 4.68 Å². The first-order valence-electron chi connectivity index (χ1n) is 5.67. The number of rotatable bonds is 3. The van der Waals surface area contributed by atoms with E-state index < -0.39 is 30.5 Å². The molecule has 0 amide bonds. The standard InChI is InChI=1S/C10H16IN3O4/c1-5-8(15)9(16)7(18-10(5)17)4-14-3-6(2-11)12-13-14/h3,5,7-10,15-17H,2,4H2,1H3/t5-,7-,8-,9-,10?/m1/s1/i11-3. The van der Waals surface area contributed by atoms with Gasteiger partial charge in [-0.1, -0.05) is 34.7 Å². The van der Waals surface area contributed by atoms with Crippen LogP contribution in [0.3, 0.4) is 0 Å². The molecule has 5 atom stereocenters. The molecule has 7 nitrogen and oxygen atoms in total. The lowest BCUT2D eigenvalue weighted by molar-refractivity contribution is -0.263. The van der Waals surface area contributed by atoms with E-state index in [1.165, 1.54) is 4.68 Å². The van der Waals surface area contributed by atoms with Crippen LogP contribution in [0.25, 0.3) is 0 Å². The molecular weight excluding hydrogens is 350 g/mol. The summed E-state index contributed by atoms with van der Waals surface area (Å²) in [4.78, 5) is 0. The van der Waals surface area contributed by atoms with E-state index in [0.29, 0.717) is 0 Å². The average molecular weight is 366 g/mol. The Morgan fingerprint density at radius 1 is 1.39 bits per heavy atom. The van der Waals surface area contributed by atoms with Gasteiger partial charge in [0.2, 0.25) is 0 Å². The summed E-state index contributed by atoms with van der Waals surface area (Å²) < 4.78 is 7.57. The van der Waals surface area contributed by atoms with Crippen LogP contribution in [0.15, 0.2) is 6.20 Å². The van der Waals surface area contributed by atoms with Gasteiger partial charge in [0.25, 0.3) is 0 Å². The van der Waals surface area contributed by atoms with E-state index >= 15 is 0 Å². The molecule has 1 unspecified atom stereocenters. The van der Waals surface area contributed by atoms with Gasteiger partial charge in [0, 0.05) is 16.5 Å². The van der Waals surface area contributed by atoms with Gasteiger partial charge in [0.1, 0.15) is 12.2 Å². The fourth-order valence-corrected chi connectivity index (χ4v) is 2.26. The van der Waals surface area contributed by atoms with Crippen LogP contribution in [0, 0.1) is 5.92 Å². The summed E-state index contributed by atoms with van der Waals surface area (Å²) in [6.45, 7) is 1.87. The molecule has 1 aromatic rings. The van der Waals surface area contributed by atoms with Crippen LogP contribution in [0.5, 0.6) is 0 Å². The fourth-order valence-electron chi connectivity index (χ4n) is 1.91. The van der Waals surface area contributed by atoms with Crippen LogP contribution < -0.4 is 0 Å². The molecule has 0 aromatic carbocycles. The van der Waals surface area contributed by atoms with Crippen LogP contribution in [-0.4, -0.2) is 54.9 Å². The zero-order valence-corrected chi connectivity index (χ0v) is 12.0. The van der Waals surface area contributed by atoms with E-state index in [1.807, 2.05) is 0 Å². The smallest absolute Gasteiger partial charge is 0.160 e. The molecule has 0 aliphatic carbocycles. The molecule has 0 spiro atoms. The molecule has 1 fully saturated rings. The van der Waals surface area contributed by atoms with Gasteiger partial charge in [-0.05, 0) is 0 Å². The lowest BCUT2D eigenvalue weighted by Gasteiger charge is -2.39. The van der Waals surface area contributed by atoms with Crippen LogP contribution >= 0.6 is 22.6 Å². The van der Waals surface area contributed by atoms with Crippen molar-refractivity contribution < 1.29 is 20.1 Å².